The number of nitrogens with one attached hydrogen (secondary N) is 1. The van der Waals surface area contributed by atoms with Gasteiger partial charge in [-0.1, -0.05) is 23.8 Å². The average molecular weight is 237 g/mol. The number of aryl methyl sites for hydroxylation is 2. The maximum absolute atomic E-state index is 10.3. The molecule has 4 nitrogen and oxygen atoms in total. The molecule has 1 aromatic carbocycles. The molecule has 0 fully saturated rings. The second kappa shape index (κ2) is 6.37. The number of hydrogen-bond acceptors (Lipinski definition) is 3. The van der Waals surface area contributed by atoms with E-state index in [1.165, 1.54) is 0 Å². The summed E-state index contributed by atoms with van der Waals surface area (Å²) in [4.78, 5) is 10.3. The third-order valence-electron chi connectivity index (χ3n) is 2.64. The number of rotatable bonds is 6. The summed E-state index contributed by atoms with van der Waals surface area (Å²) < 4.78 is 0. The van der Waals surface area contributed by atoms with Gasteiger partial charge in [0.2, 0.25) is 0 Å². The van der Waals surface area contributed by atoms with Gasteiger partial charge in [-0.05, 0) is 25.0 Å². The molecule has 0 radical (unpaired) electrons. The Morgan fingerprint density at radius 3 is 2.71 bits per heavy atom. The monoisotopic (exact) mass is 237 g/mol. The number of benzene rings is 1. The first-order valence-electron chi connectivity index (χ1n) is 5.68. The highest BCUT2D eigenvalue weighted by molar-refractivity contribution is 5.66. The Hall–Kier alpha value is -1.39. The largest absolute Gasteiger partial charge is 0.481 e. The zero-order valence-electron chi connectivity index (χ0n) is 10.2. The molecule has 0 aliphatic rings. The summed E-state index contributed by atoms with van der Waals surface area (Å²) in [6.07, 6.45) is -0.524. The molecular formula is C13H19NO3. The molecule has 1 unspecified atom stereocenters. The fourth-order valence-electron chi connectivity index (χ4n) is 1.74. The molecule has 0 spiro atoms. The van der Waals surface area contributed by atoms with Gasteiger partial charge in [-0.2, -0.15) is 0 Å². The molecule has 1 aromatic rings. The number of carboxylic acid groups (broad SMARTS) is 1. The normalized spacial score (nSPS) is 12.4. The van der Waals surface area contributed by atoms with Gasteiger partial charge < -0.3 is 15.5 Å². The van der Waals surface area contributed by atoms with Gasteiger partial charge in [-0.25, -0.2) is 0 Å². The predicted octanol–water partition coefficient (Wildman–Crippen LogP) is 1.40. The smallest absolute Gasteiger partial charge is 0.304 e. The molecule has 0 saturated carbocycles. The molecule has 0 amide bonds. The topological polar surface area (TPSA) is 69.6 Å². The van der Waals surface area contributed by atoms with Gasteiger partial charge >= 0.3 is 5.97 Å². The summed E-state index contributed by atoms with van der Waals surface area (Å²) in [5.41, 5.74) is 3.10. The van der Waals surface area contributed by atoms with Crippen molar-refractivity contribution >= 4 is 5.97 Å². The predicted molar refractivity (Wildman–Crippen MR) is 66.0 cm³/mol. The molecule has 0 bridgehead atoms. The summed E-state index contributed by atoms with van der Waals surface area (Å²) in [5.74, 6) is -0.835. The molecule has 3 N–H and O–H groups in total. The van der Waals surface area contributed by atoms with Gasteiger partial charge in [0.25, 0.3) is 0 Å². The van der Waals surface area contributed by atoms with Crippen molar-refractivity contribution in [1.82, 2.24) is 5.32 Å². The van der Waals surface area contributed by atoms with E-state index in [1.54, 1.807) is 0 Å². The van der Waals surface area contributed by atoms with Crippen LogP contribution in [0.2, 0.25) is 0 Å². The number of carbonyl (C=O) groups is 1. The van der Waals surface area contributed by atoms with Crippen LogP contribution < -0.4 is 5.32 Å². The van der Waals surface area contributed by atoms with Crippen molar-refractivity contribution in [3.05, 3.63) is 34.9 Å². The molecule has 0 aliphatic heterocycles. The Morgan fingerprint density at radius 1 is 1.41 bits per heavy atom. The van der Waals surface area contributed by atoms with E-state index in [9.17, 15) is 9.90 Å². The van der Waals surface area contributed by atoms with Crippen LogP contribution in [0.3, 0.4) is 0 Å². The second-order valence-electron chi connectivity index (χ2n) is 4.22. The Labute approximate surface area is 101 Å². The average Bonchev–Trinajstić information content (AvgIpc) is 2.23. The van der Waals surface area contributed by atoms with Crippen LogP contribution in [0.5, 0.6) is 0 Å². The lowest BCUT2D eigenvalue weighted by atomic mass is 10.0. The number of aliphatic hydroxyl groups excluding tert-OH is 1. The third kappa shape index (κ3) is 4.54. The third-order valence-corrected chi connectivity index (χ3v) is 2.64. The van der Waals surface area contributed by atoms with Crippen LogP contribution in [0, 0.1) is 13.8 Å². The number of hydrogen-bond donors (Lipinski definition) is 3. The van der Waals surface area contributed by atoms with E-state index in [0.29, 0.717) is 13.1 Å². The molecule has 0 aliphatic carbocycles. The van der Waals surface area contributed by atoms with Crippen LogP contribution in [0.1, 0.15) is 29.2 Å². The Morgan fingerprint density at radius 2 is 2.12 bits per heavy atom. The minimum absolute atomic E-state index is 0.0690. The summed E-state index contributed by atoms with van der Waals surface area (Å²) >= 11 is 0. The molecule has 0 aromatic heterocycles. The van der Waals surface area contributed by atoms with Crippen LogP contribution in [0.25, 0.3) is 0 Å². The Kier molecular flexibility index (Phi) is 5.12. The van der Waals surface area contributed by atoms with E-state index < -0.39 is 12.1 Å². The van der Waals surface area contributed by atoms with Crippen LogP contribution in [-0.2, 0) is 4.79 Å². The minimum atomic E-state index is -0.835. The van der Waals surface area contributed by atoms with E-state index in [4.69, 9.17) is 5.11 Å². The number of aliphatic hydroxyl groups is 1. The Balaban J connectivity index is 2.46. The fourth-order valence-corrected chi connectivity index (χ4v) is 1.74. The quantitative estimate of drug-likeness (QED) is 0.654. The lowest BCUT2D eigenvalue weighted by molar-refractivity contribution is -0.136. The van der Waals surface area contributed by atoms with Gasteiger partial charge in [-0.15, -0.1) is 0 Å². The standard InChI is InChI=1S/C13H19NO3/c1-9-3-4-11(10(2)7-9)12(15)8-14-6-5-13(16)17/h3-4,7,12,14-15H,5-6,8H2,1-2H3,(H,16,17). The van der Waals surface area contributed by atoms with Crippen LogP contribution in [0.4, 0.5) is 0 Å². The van der Waals surface area contributed by atoms with E-state index in [0.717, 1.165) is 16.7 Å². The van der Waals surface area contributed by atoms with Gasteiger partial charge in [0, 0.05) is 13.1 Å². The van der Waals surface area contributed by atoms with Crippen LogP contribution >= 0.6 is 0 Å². The van der Waals surface area contributed by atoms with Crippen molar-refractivity contribution in [2.24, 2.45) is 0 Å². The van der Waals surface area contributed by atoms with Crippen LogP contribution in [0.15, 0.2) is 18.2 Å². The van der Waals surface area contributed by atoms with Gasteiger partial charge in [-0.3, -0.25) is 4.79 Å². The van der Waals surface area contributed by atoms with Crippen molar-refractivity contribution in [1.29, 1.82) is 0 Å². The molecular weight excluding hydrogens is 218 g/mol. The van der Waals surface area contributed by atoms with Crippen LogP contribution in [-0.4, -0.2) is 29.3 Å². The fraction of sp³-hybridized carbons (Fsp3) is 0.462. The summed E-state index contributed by atoms with van der Waals surface area (Å²) in [7, 11) is 0. The molecule has 1 atom stereocenters. The SMILES string of the molecule is Cc1ccc(C(O)CNCCC(=O)O)c(C)c1. The van der Waals surface area contributed by atoms with E-state index >= 15 is 0 Å². The highest BCUT2D eigenvalue weighted by atomic mass is 16.4. The lowest BCUT2D eigenvalue weighted by Gasteiger charge is -2.14. The Bertz CT molecular complexity index is 390. The van der Waals surface area contributed by atoms with Gasteiger partial charge in [0.05, 0.1) is 12.5 Å². The minimum Gasteiger partial charge on any atom is -0.481 e. The highest BCUT2D eigenvalue weighted by Gasteiger charge is 2.09. The highest BCUT2D eigenvalue weighted by Crippen LogP contribution is 2.18. The zero-order chi connectivity index (χ0) is 12.8. The first-order chi connectivity index (χ1) is 8.00. The van der Waals surface area contributed by atoms with Crippen molar-refractivity contribution in [2.45, 2.75) is 26.4 Å². The molecule has 1 rings (SSSR count). The second-order valence-corrected chi connectivity index (χ2v) is 4.22. The van der Waals surface area contributed by atoms with E-state index in [1.807, 2.05) is 32.0 Å². The number of carboxylic acids is 1. The van der Waals surface area contributed by atoms with Crippen molar-refractivity contribution < 1.29 is 15.0 Å². The number of aliphatic carboxylic acids is 1. The van der Waals surface area contributed by atoms with Gasteiger partial charge in [0.15, 0.2) is 0 Å². The summed E-state index contributed by atoms with van der Waals surface area (Å²) in [6.45, 7) is 4.71. The first-order valence-corrected chi connectivity index (χ1v) is 5.68. The molecule has 0 saturated heterocycles. The summed E-state index contributed by atoms with van der Waals surface area (Å²) in [5, 5.41) is 21.3. The van der Waals surface area contributed by atoms with Crippen molar-refractivity contribution in [2.75, 3.05) is 13.1 Å². The van der Waals surface area contributed by atoms with E-state index in [2.05, 4.69) is 5.32 Å². The molecule has 94 valence electrons. The van der Waals surface area contributed by atoms with Crippen molar-refractivity contribution in [3.8, 4) is 0 Å². The van der Waals surface area contributed by atoms with Gasteiger partial charge in [0.1, 0.15) is 0 Å². The molecule has 4 heteroatoms. The first kappa shape index (κ1) is 13.7. The maximum atomic E-state index is 10.3. The van der Waals surface area contributed by atoms with E-state index in [-0.39, 0.29) is 6.42 Å². The molecule has 0 heterocycles. The maximum Gasteiger partial charge on any atom is 0.304 e. The van der Waals surface area contributed by atoms with Crippen molar-refractivity contribution in [3.63, 3.8) is 0 Å². The lowest BCUT2D eigenvalue weighted by Crippen LogP contribution is -2.24. The zero-order valence-corrected chi connectivity index (χ0v) is 10.2. The summed E-state index contributed by atoms with van der Waals surface area (Å²) in [6, 6.07) is 5.90. The molecule has 17 heavy (non-hydrogen) atoms.